The van der Waals surface area contributed by atoms with Gasteiger partial charge in [-0.1, -0.05) is 12.8 Å². The van der Waals surface area contributed by atoms with Crippen molar-refractivity contribution in [1.82, 2.24) is 25.6 Å². The van der Waals surface area contributed by atoms with Crippen LogP contribution in [0, 0.1) is 0 Å². The SMILES string of the molecule is O=C(N[C@@H]1CCCC[C@H]1NC(=O)c1ccncc1Br)c1ccc2cncc(Br)c2n1. The maximum atomic E-state index is 12.9. The first-order valence-corrected chi connectivity index (χ1v) is 11.2. The summed E-state index contributed by atoms with van der Waals surface area (Å²) in [5, 5.41) is 7.00. The van der Waals surface area contributed by atoms with Gasteiger partial charge in [-0.3, -0.25) is 19.6 Å². The first-order chi connectivity index (χ1) is 14.5. The molecule has 2 atom stereocenters. The summed E-state index contributed by atoms with van der Waals surface area (Å²) in [5.41, 5.74) is 1.55. The first-order valence-electron chi connectivity index (χ1n) is 9.64. The van der Waals surface area contributed by atoms with Gasteiger partial charge in [0.2, 0.25) is 0 Å². The fourth-order valence-corrected chi connectivity index (χ4v) is 4.53. The number of rotatable bonds is 4. The van der Waals surface area contributed by atoms with Gasteiger partial charge in [-0.05, 0) is 62.9 Å². The summed E-state index contributed by atoms with van der Waals surface area (Å²) >= 11 is 6.79. The maximum absolute atomic E-state index is 12.9. The lowest BCUT2D eigenvalue weighted by atomic mass is 9.90. The van der Waals surface area contributed by atoms with Crippen LogP contribution in [0.15, 0.2) is 51.9 Å². The second kappa shape index (κ2) is 9.18. The standard InChI is InChI=1S/C21H19Br2N5O2/c22-14-10-24-8-7-13(14)20(29)27-16-3-1-2-4-17(16)28-21(30)18-6-5-12-9-25-11-15(23)19(12)26-18/h5-11,16-17H,1-4H2,(H,27,29)(H,28,30)/t16-,17-/m1/s1. The van der Waals surface area contributed by atoms with Crippen LogP contribution in [0.4, 0.5) is 0 Å². The van der Waals surface area contributed by atoms with E-state index >= 15 is 0 Å². The lowest BCUT2D eigenvalue weighted by Crippen LogP contribution is -2.53. The maximum Gasteiger partial charge on any atom is 0.270 e. The Hall–Kier alpha value is -2.39. The van der Waals surface area contributed by atoms with Crippen molar-refractivity contribution in [3.05, 3.63) is 63.2 Å². The molecule has 9 heteroatoms. The zero-order chi connectivity index (χ0) is 21.1. The third kappa shape index (κ3) is 4.52. The van der Waals surface area contributed by atoms with E-state index in [4.69, 9.17) is 0 Å². The highest BCUT2D eigenvalue weighted by Gasteiger charge is 2.29. The molecule has 154 valence electrons. The van der Waals surface area contributed by atoms with Gasteiger partial charge in [-0.2, -0.15) is 0 Å². The minimum absolute atomic E-state index is 0.147. The van der Waals surface area contributed by atoms with Gasteiger partial charge in [0.1, 0.15) is 5.69 Å². The largest absolute Gasteiger partial charge is 0.347 e. The second-order valence-corrected chi connectivity index (χ2v) is 8.90. The highest BCUT2D eigenvalue weighted by Crippen LogP contribution is 2.23. The van der Waals surface area contributed by atoms with Gasteiger partial charge in [-0.15, -0.1) is 0 Å². The van der Waals surface area contributed by atoms with Crippen LogP contribution in [-0.4, -0.2) is 38.8 Å². The van der Waals surface area contributed by atoms with E-state index in [-0.39, 0.29) is 23.9 Å². The molecule has 3 aromatic heterocycles. The van der Waals surface area contributed by atoms with E-state index in [2.05, 4.69) is 57.4 Å². The number of amides is 2. The molecule has 2 amide bonds. The number of hydrogen-bond donors (Lipinski definition) is 2. The fraction of sp³-hybridized carbons (Fsp3) is 0.286. The minimum Gasteiger partial charge on any atom is -0.347 e. The van der Waals surface area contributed by atoms with E-state index < -0.39 is 0 Å². The Labute approximate surface area is 190 Å². The Kier molecular flexibility index (Phi) is 6.38. The summed E-state index contributed by atoms with van der Waals surface area (Å²) in [6.45, 7) is 0. The number of pyridine rings is 3. The number of aromatic nitrogens is 3. The van der Waals surface area contributed by atoms with Gasteiger partial charge in [0.25, 0.3) is 11.8 Å². The Bertz CT molecular complexity index is 1110. The van der Waals surface area contributed by atoms with Gasteiger partial charge in [0.15, 0.2) is 0 Å². The summed E-state index contributed by atoms with van der Waals surface area (Å²) in [6.07, 6.45) is 10.1. The predicted octanol–water partition coefficient (Wildman–Crippen LogP) is 4.02. The molecule has 0 bridgehead atoms. The van der Waals surface area contributed by atoms with E-state index in [1.807, 2.05) is 6.07 Å². The van der Waals surface area contributed by atoms with Crippen LogP contribution in [0.1, 0.15) is 46.5 Å². The Morgan fingerprint density at radius 3 is 2.30 bits per heavy atom. The molecular weight excluding hydrogens is 514 g/mol. The molecular formula is C21H19Br2N5O2. The third-order valence-corrected chi connectivity index (χ3v) is 6.42. The van der Waals surface area contributed by atoms with Crippen LogP contribution in [0.25, 0.3) is 10.9 Å². The monoisotopic (exact) mass is 531 g/mol. The van der Waals surface area contributed by atoms with Crippen molar-refractivity contribution in [2.24, 2.45) is 0 Å². The topological polar surface area (TPSA) is 96.9 Å². The highest BCUT2D eigenvalue weighted by atomic mass is 79.9. The van der Waals surface area contributed by atoms with Gasteiger partial charge >= 0.3 is 0 Å². The number of hydrogen-bond acceptors (Lipinski definition) is 5. The van der Waals surface area contributed by atoms with Crippen molar-refractivity contribution >= 4 is 54.6 Å². The first kappa shape index (κ1) is 20.9. The van der Waals surface area contributed by atoms with Crippen LogP contribution in [0.3, 0.4) is 0 Å². The lowest BCUT2D eigenvalue weighted by molar-refractivity contribution is 0.0860. The van der Waals surface area contributed by atoms with Gasteiger partial charge < -0.3 is 10.6 Å². The summed E-state index contributed by atoms with van der Waals surface area (Å²) in [4.78, 5) is 38.2. The number of nitrogens with zero attached hydrogens (tertiary/aromatic N) is 3. The highest BCUT2D eigenvalue weighted by molar-refractivity contribution is 9.11. The lowest BCUT2D eigenvalue weighted by Gasteiger charge is -2.32. The summed E-state index contributed by atoms with van der Waals surface area (Å²) in [7, 11) is 0. The smallest absolute Gasteiger partial charge is 0.270 e. The molecule has 0 radical (unpaired) electrons. The van der Waals surface area contributed by atoms with Gasteiger partial charge in [0, 0.05) is 46.7 Å². The molecule has 1 aliphatic rings. The number of carbonyl (C=O) groups is 2. The van der Waals surface area contributed by atoms with Crippen molar-refractivity contribution in [2.75, 3.05) is 0 Å². The Morgan fingerprint density at radius 1 is 0.867 bits per heavy atom. The quantitative estimate of drug-likeness (QED) is 0.529. The number of carbonyl (C=O) groups excluding carboxylic acids is 2. The molecule has 2 N–H and O–H groups in total. The van der Waals surface area contributed by atoms with Crippen LogP contribution in [-0.2, 0) is 0 Å². The Balaban J connectivity index is 1.49. The third-order valence-electron chi connectivity index (χ3n) is 5.20. The molecule has 0 aliphatic heterocycles. The number of nitrogens with one attached hydrogen (secondary N) is 2. The van der Waals surface area contributed by atoms with Crippen molar-refractivity contribution in [3.63, 3.8) is 0 Å². The molecule has 3 heterocycles. The van der Waals surface area contributed by atoms with Crippen molar-refractivity contribution in [3.8, 4) is 0 Å². The van der Waals surface area contributed by atoms with E-state index in [9.17, 15) is 9.59 Å². The van der Waals surface area contributed by atoms with Gasteiger partial charge in [0.05, 0.1) is 15.6 Å². The van der Waals surface area contributed by atoms with E-state index in [1.165, 1.54) is 0 Å². The Morgan fingerprint density at radius 2 is 1.57 bits per heavy atom. The second-order valence-electron chi connectivity index (χ2n) is 7.19. The summed E-state index contributed by atoms with van der Waals surface area (Å²) in [6, 6.07) is 4.88. The average Bonchev–Trinajstić information content (AvgIpc) is 2.75. The molecule has 1 fully saturated rings. The molecule has 3 aromatic rings. The summed E-state index contributed by atoms with van der Waals surface area (Å²) in [5.74, 6) is -0.437. The van der Waals surface area contributed by atoms with Crippen LogP contribution in [0.5, 0.6) is 0 Å². The molecule has 0 unspecified atom stereocenters. The zero-order valence-corrected chi connectivity index (χ0v) is 19.1. The molecule has 1 saturated carbocycles. The molecule has 30 heavy (non-hydrogen) atoms. The zero-order valence-electron chi connectivity index (χ0n) is 15.9. The molecule has 4 rings (SSSR count). The molecule has 0 spiro atoms. The van der Waals surface area contributed by atoms with Crippen molar-refractivity contribution in [2.45, 2.75) is 37.8 Å². The average molecular weight is 533 g/mol. The summed E-state index contributed by atoms with van der Waals surface area (Å²) < 4.78 is 1.37. The normalized spacial score (nSPS) is 18.7. The molecule has 0 saturated heterocycles. The number of fused-ring (bicyclic) bond motifs is 1. The van der Waals surface area contributed by atoms with Crippen molar-refractivity contribution < 1.29 is 9.59 Å². The van der Waals surface area contributed by atoms with Crippen LogP contribution >= 0.6 is 31.9 Å². The number of halogens is 2. The minimum atomic E-state index is -0.253. The molecule has 0 aromatic carbocycles. The van der Waals surface area contributed by atoms with Gasteiger partial charge in [-0.25, -0.2) is 4.98 Å². The van der Waals surface area contributed by atoms with Crippen LogP contribution < -0.4 is 10.6 Å². The molecule has 7 nitrogen and oxygen atoms in total. The van der Waals surface area contributed by atoms with Crippen LogP contribution in [0.2, 0.25) is 0 Å². The van der Waals surface area contributed by atoms with E-state index in [0.717, 1.165) is 35.5 Å². The fourth-order valence-electron chi connectivity index (χ4n) is 3.66. The van der Waals surface area contributed by atoms with E-state index in [1.54, 1.807) is 36.9 Å². The van der Waals surface area contributed by atoms with Crippen molar-refractivity contribution in [1.29, 1.82) is 0 Å². The molecule has 1 aliphatic carbocycles. The predicted molar refractivity (Wildman–Crippen MR) is 120 cm³/mol. The van der Waals surface area contributed by atoms with E-state index in [0.29, 0.717) is 21.2 Å².